The number of benzene rings is 1. The minimum absolute atomic E-state index is 0.0344. The van der Waals surface area contributed by atoms with Crippen molar-refractivity contribution in [1.82, 2.24) is 4.90 Å². The second-order valence-corrected chi connectivity index (χ2v) is 4.46. The molecule has 0 unspecified atom stereocenters. The van der Waals surface area contributed by atoms with Crippen molar-refractivity contribution in [2.75, 3.05) is 13.1 Å². The summed E-state index contributed by atoms with van der Waals surface area (Å²) in [4.78, 5) is 1.30. The molecule has 0 saturated heterocycles. The van der Waals surface area contributed by atoms with E-state index in [-0.39, 0.29) is 13.1 Å². The molecule has 1 aromatic rings. The maximum absolute atomic E-state index is 13.3. The van der Waals surface area contributed by atoms with E-state index in [4.69, 9.17) is 5.73 Å². The van der Waals surface area contributed by atoms with Crippen molar-refractivity contribution in [3.63, 3.8) is 0 Å². The van der Waals surface area contributed by atoms with Gasteiger partial charge in [0.05, 0.1) is 6.54 Å². The van der Waals surface area contributed by atoms with E-state index in [1.807, 2.05) is 6.92 Å². The maximum atomic E-state index is 13.3. The summed E-state index contributed by atoms with van der Waals surface area (Å²) in [7, 11) is 0. The standard InChI is InChI=1S/C13H18F4N2/c1-2-5-19(9-13(15,16)17)8-10-3-4-12(14)11(6-10)7-18/h3-4,6H,2,5,7-9,18H2,1H3. The Morgan fingerprint density at radius 3 is 2.47 bits per heavy atom. The lowest BCUT2D eigenvalue weighted by atomic mass is 10.1. The number of hydrogen-bond donors (Lipinski definition) is 1. The summed E-state index contributed by atoms with van der Waals surface area (Å²) in [6.45, 7) is 1.37. The van der Waals surface area contributed by atoms with Crippen LogP contribution in [0.4, 0.5) is 17.6 Å². The van der Waals surface area contributed by atoms with E-state index in [0.717, 1.165) is 0 Å². The Morgan fingerprint density at radius 1 is 1.26 bits per heavy atom. The van der Waals surface area contributed by atoms with Gasteiger partial charge in [-0.25, -0.2) is 4.39 Å². The van der Waals surface area contributed by atoms with Gasteiger partial charge in [0.2, 0.25) is 0 Å². The van der Waals surface area contributed by atoms with Gasteiger partial charge in [-0.15, -0.1) is 0 Å². The largest absolute Gasteiger partial charge is 0.401 e. The molecule has 1 aromatic carbocycles. The highest BCUT2D eigenvalue weighted by molar-refractivity contribution is 5.25. The smallest absolute Gasteiger partial charge is 0.326 e. The van der Waals surface area contributed by atoms with Crippen LogP contribution in [0.1, 0.15) is 24.5 Å². The third kappa shape index (κ3) is 5.57. The van der Waals surface area contributed by atoms with Crippen molar-refractivity contribution in [2.45, 2.75) is 32.6 Å². The van der Waals surface area contributed by atoms with Gasteiger partial charge in [0.15, 0.2) is 0 Å². The molecule has 108 valence electrons. The molecule has 0 saturated carbocycles. The summed E-state index contributed by atoms with van der Waals surface area (Å²) in [6.07, 6.45) is -3.60. The Labute approximate surface area is 110 Å². The van der Waals surface area contributed by atoms with Gasteiger partial charge in [-0.05, 0) is 24.6 Å². The van der Waals surface area contributed by atoms with Crippen LogP contribution in [0.25, 0.3) is 0 Å². The highest BCUT2D eigenvalue weighted by atomic mass is 19.4. The fraction of sp³-hybridized carbons (Fsp3) is 0.538. The molecule has 0 bridgehead atoms. The Bertz CT molecular complexity index is 404. The first-order chi connectivity index (χ1) is 8.85. The first kappa shape index (κ1) is 15.9. The van der Waals surface area contributed by atoms with Gasteiger partial charge in [-0.1, -0.05) is 19.1 Å². The average molecular weight is 278 g/mol. The van der Waals surface area contributed by atoms with E-state index in [0.29, 0.717) is 24.1 Å². The lowest BCUT2D eigenvalue weighted by molar-refractivity contribution is -0.147. The molecule has 19 heavy (non-hydrogen) atoms. The third-order valence-electron chi connectivity index (χ3n) is 2.68. The van der Waals surface area contributed by atoms with Crippen LogP contribution in [0.5, 0.6) is 0 Å². The first-order valence-electron chi connectivity index (χ1n) is 6.12. The van der Waals surface area contributed by atoms with Gasteiger partial charge in [-0.2, -0.15) is 13.2 Å². The molecular weight excluding hydrogens is 260 g/mol. The lowest BCUT2D eigenvalue weighted by Gasteiger charge is -2.23. The molecular formula is C13H18F4N2. The quantitative estimate of drug-likeness (QED) is 0.810. The summed E-state index contributed by atoms with van der Waals surface area (Å²) < 4.78 is 50.5. The highest BCUT2D eigenvalue weighted by Crippen LogP contribution is 2.19. The van der Waals surface area contributed by atoms with Crippen molar-refractivity contribution in [3.8, 4) is 0 Å². The molecule has 0 heterocycles. The zero-order chi connectivity index (χ0) is 14.5. The van der Waals surface area contributed by atoms with Crippen molar-refractivity contribution in [3.05, 3.63) is 35.1 Å². The minimum Gasteiger partial charge on any atom is -0.326 e. The predicted molar refractivity (Wildman–Crippen MR) is 65.9 cm³/mol. The summed E-state index contributed by atoms with van der Waals surface area (Å²) in [6, 6.07) is 4.26. The van der Waals surface area contributed by atoms with Crippen LogP contribution in [-0.4, -0.2) is 24.2 Å². The SMILES string of the molecule is CCCN(Cc1ccc(F)c(CN)c1)CC(F)(F)F. The maximum Gasteiger partial charge on any atom is 0.401 e. The molecule has 0 aromatic heterocycles. The highest BCUT2D eigenvalue weighted by Gasteiger charge is 2.30. The number of rotatable bonds is 6. The van der Waals surface area contributed by atoms with Gasteiger partial charge >= 0.3 is 6.18 Å². The molecule has 6 heteroatoms. The van der Waals surface area contributed by atoms with Crippen molar-refractivity contribution in [2.24, 2.45) is 5.73 Å². The molecule has 0 aliphatic rings. The number of nitrogens with two attached hydrogens (primary N) is 1. The molecule has 2 N–H and O–H groups in total. The van der Waals surface area contributed by atoms with Crippen LogP contribution in [0.15, 0.2) is 18.2 Å². The van der Waals surface area contributed by atoms with Gasteiger partial charge in [0, 0.05) is 18.7 Å². The van der Waals surface area contributed by atoms with E-state index in [1.54, 1.807) is 0 Å². The van der Waals surface area contributed by atoms with E-state index < -0.39 is 18.5 Å². The summed E-state index contributed by atoms with van der Waals surface area (Å²) in [5, 5.41) is 0. The van der Waals surface area contributed by atoms with Crippen LogP contribution in [0, 0.1) is 5.82 Å². The molecule has 2 nitrogen and oxygen atoms in total. The number of hydrogen-bond acceptors (Lipinski definition) is 2. The zero-order valence-corrected chi connectivity index (χ0v) is 10.8. The Balaban J connectivity index is 2.78. The molecule has 1 rings (SSSR count). The van der Waals surface area contributed by atoms with Crippen molar-refractivity contribution >= 4 is 0 Å². The zero-order valence-electron chi connectivity index (χ0n) is 10.8. The van der Waals surface area contributed by atoms with Crippen LogP contribution >= 0.6 is 0 Å². The second kappa shape index (κ2) is 6.86. The first-order valence-corrected chi connectivity index (χ1v) is 6.12. The molecule has 0 atom stereocenters. The van der Waals surface area contributed by atoms with Gasteiger partial charge in [0.25, 0.3) is 0 Å². The predicted octanol–water partition coefficient (Wildman–Crippen LogP) is 3.06. The summed E-state index contributed by atoms with van der Waals surface area (Å²) in [5.41, 5.74) is 6.34. The van der Waals surface area contributed by atoms with E-state index in [1.165, 1.54) is 23.1 Å². The van der Waals surface area contributed by atoms with Crippen LogP contribution < -0.4 is 5.73 Å². The molecule has 0 fully saturated rings. The van der Waals surface area contributed by atoms with Gasteiger partial charge in [-0.3, -0.25) is 4.90 Å². The fourth-order valence-electron chi connectivity index (χ4n) is 1.92. The third-order valence-corrected chi connectivity index (χ3v) is 2.68. The molecule has 0 aliphatic heterocycles. The van der Waals surface area contributed by atoms with E-state index >= 15 is 0 Å². The fourth-order valence-corrected chi connectivity index (χ4v) is 1.92. The topological polar surface area (TPSA) is 29.3 Å². The molecule has 0 aliphatic carbocycles. The minimum atomic E-state index is -4.23. The molecule has 0 amide bonds. The molecule has 0 spiro atoms. The Hall–Kier alpha value is -1.14. The second-order valence-electron chi connectivity index (χ2n) is 4.46. The summed E-state index contributed by atoms with van der Waals surface area (Å²) in [5.74, 6) is -0.427. The Kier molecular flexibility index (Phi) is 5.75. The lowest BCUT2D eigenvalue weighted by Crippen LogP contribution is -2.34. The number of nitrogens with zero attached hydrogens (tertiary/aromatic N) is 1. The monoisotopic (exact) mass is 278 g/mol. The van der Waals surface area contributed by atoms with Gasteiger partial charge < -0.3 is 5.73 Å². The van der Waals surface area contributed by atoms with Crippen molar-refractivity contribution in [1.29, 1.82) is 0 Å². The Morgan fingerprint density at radius 2 is 1.95 bits per heavy atom. The van der Waals surface area contributed by atoms with E-state index in [9.17, 15) is 17.6 Å². The normalized spacial score (nSPS) is 12.2. The van der Waals surface area contributed by atoms with Gasteiger partial charge in [0.1, 0.15) is 5.82 Å². The average Bonchev–Trinajstić information content (AvgIpc) is 2.30. The number of halogens is 4. The number of alkyl halides is 3. The van der Waals surface area contributed by atoms with Crippen LogP contribution in [-0.2, 0) is 13.1 Å². The molecule has 0 radical (unpaired) electrons. The van der Waals surface area contributed by atoms with Crippen LogP contribution in [0.3, 0.4) is 0 Å². The van der Waals surface area contributed by atoms with Crippen molar-refractivity contribution < 1.29 is 17.6 Å². The summed E-state index contributed by atoms with van der Waals surface area (Å²) >= 11 is 0. The van der Waals surface area contributed by atoms with Crippen LogP contribution in [0.2, 0.25) is 0 Å². The van der Waals surface area contributed by atoms with E-state index in [2.05, 4.69) is 0 Å².